The molecule has 4 aliphatic carbocycles. The maximum absolute atomic E-state index is 2.37. The van der Waals surface area contributed by atoms with Crippen molar-refractivity contribution in [3.63, 3.8) is 0 Å². The number of hydrogen-bond donors (Lipinski definition) is 0. The number of benzene rings is 6. The fourth-order valence-corrected chi connectivity index (χ4v) is 12.4. The number of fused-ring (bicyclic) bond motifs is 2. The minimum absolute atomic E-state index is 0. The zero-order valence-electron chi connectivity index (χ0n) is 30.7. The van der Waals surface area contributed by atoms with Gasteiger partial charge in [0.2, 0.25) is 0 Å². The second-order valence-electron chi connectivity index (χ2n) is 12.9. The third-order valence-electron chi connectivity index (χ3n) is 9.51. The molecule has 20 radical (unpaired) electrons. The van der Waals surface area contributed by atoms with Crippen LogP contribution in [0.1, 0.15) is 0 Å². The van der Waals surface area contributed by atoms with E-state index < -0.39 is 15.8 Å². The Hall–Kier alpha value is -2.26. The molecule has 2 atom stereocenters. The van der Waals surface area contributed by atoms with Gasteiger partial charge >= 0.3 is 34.1 Å². The second-order valence-corrected chi connectivity index (χ2v) is 17.2. The van der Waals surface area contributed by atoms with Crippen LogP contribution in [0.4, 0.5) is 0 Å². The Morgan fingerprint density at radius 3 is 0.964 bits per heavy atom. The Labute approximate surface area is 361 Å². The van der Waals surface area contributed by atoms with Crippen molar-refractivity contribution in [1.29, 1.82) is 0 Å². The predicted molar refractivity (Wildman–Crippen MR) is 235 cm³/mol. The Morgan fingerprint density at radius 1 is 0.268 bits per heavy atom. The minimum atomic E-state index is -0.796. The van der Waals surface area contributed by atoms with Gasteiger partial charge in [0.1, 0.15) is 0 Å². The van der Waals surface area contributed by atoms with E-state index in [1.54, 1.807) is 0 Å². The zero-order chi connectivity index (χ0) is 36.4. The minimum Gasteiger partial charge on any atom is -0.0622 e. The first-order valence-corrected chi connectivity index (χ1v) is 21.1. The molecule has 4 fully saturated rings. The van der Waals surface area contributed by atoms with E-state index in [9.17, 15) is 0 Å². The molecular formula is C52H40Fe2P2+4. The van der Waals surface area contributed by atoms with Crippen molar-refractivity contribution in [2.75, 3.05) is 0 Å². The van der Waals surface area contributed by atoms with Gasteiger partial charge in [0, 0.05) is 23.2 Å². The first-order valence-electron chi connectivity index (χ1n) is 18.4. The van der Waals surface area contributed by atoms with Crippen molar-refractivity contribution in [2.45, 2.75) is 0 Å². The largest absolute Gasteiger partial charge is 2.00 e. The smallest absolute Gasteiger partial charge is 0.0622 e. The van der Waals surface area contributed by atoms with E-state index in [2.05, 4.69) is 184 Å². The molecular weight excluding hydrogens is 798 g/mol. The first kappa shape index (κ1) is 43.3. The number of rotatable bonds is 7. The van der Waals surface area contributed by atoms with E-state index in [0.717, 1.165) is 0 Å². The molecule has 0 spiro atoms. The van der Waals surface area contributed by atoms with Crippen LogP contribution in [0.15, 0.2) is 146 Å². The van der Waals surface area contributed by atoms with Crippen molar-refractivity contribution < 1.29 is 34.1 Å². The summed E-state index contributed by atoms with van der Waals surface area (Å²) in [4.78, 5) is 0. The van der Waals surface area contributed by atoms with Crippen molar-refractivity contribution in [3.05, 3.63) is 271 Å². The summed E-state index contributed by atoms with van der Waals surface area (Å²) >= 11 is 0. The molecule has 0 aromatic heterocycles. The van der Waals surface area contributed by atoms with E-state index >= 15 is 0 Å². The molecule has 0 N–H and O–H groups in total. The molecule has 270 valence electrons. The first-order chi connectivity index (χ1) is 26.9. The van der Waals surface area contributed by atoms with Crippen LogP contribution in [0.25, 0.3) is 21.5 Å². The van der Waals surface area contributed by atoms with Crippen molar-refractivity contribution >= 4 is 58.6 Å². The average molecular weight is 839 g/mol. The van der Waals surface area contributed by atoms with Crippen LogP contribution in [-0.4, -0.2) is 0 Å². The van der Waals surface area contributed by atoms with Gasteiger partial charge in [-0.15, -0.1) is 0 Å². The topological polar surface area (TPSA) is 0 Å². The summed E-state index contributed by atoms with van der Waals surface area (Å²) < 4.78 is 0. The second kappa shape index (κ2) is 22.2. The maximum atomic E-state index is 2.37. The summed E-state index contributed by atoms with van der Waals surface area (Å²) in [6.45, 7) is 0. The molecule has 0 aliphatic heterocycles. The van der Waals surface area contributed by atoms with E-state index in [4.69, 9.17) is 0 Å². The van der Waals surface area contributed by atoms with Crippen LogP contribution in [0, 0.1) is 126 Å². The third-order valence-corrected chi connectivity index (χ3v) is 14.6. The SMILES string of the molecule is [CH]1[CH][CH][CH][CH]1.[CH]1[CH][CH][CH][CH]1.[CH]1[CH][C]([C]2[CH][CH][CH][C]2[P@@](c2ccccc2)c2cccc3ccccc23)[C]([P@@](c2ccccc2)c2cccc3ccccc23)[CH]1.[Fe+2].[Fe+2]. The van der Waals surface area contributed by atoms with Gasteiger partial charge < -0.3 is 0 Å². The Kier molecular flexibility index (Phi) is 17.2. The van der Waals surface area contributed by atoms with Crippen molar-refractivity contribution in [3.8, 4) is 0 Å². The van der Waals surface area contributed by atoms with Gasteiger partial charge in [0.25, 0.3) is 0 Å². The molecule has 0 amide bonds. The van der Waals surface area contributed by atoms with Gasteiger partial charge in [-0.05, 0) is 161 Å². The summed E-state index contributed by atoms with van der Waals surface area (Å²) in [5.41, 5.74) is 2.83. The molecule has 6 aromatic carbocycles. The van der Waals surface area contributed by atoms with Gasteiger partial charge in [-0.1, -0.05) is 146 Å². The third kappa shape index (κ3) is 10.3. The van der Waals surface area contributed by atoms with E-state index in [1.165, 1.54) is 65.9 Å². The fourth-order valence-electron chi connectivity index (χ4n) is 7.08. The quantitative estimate of drug-likeness (QED) is 0.111. The molecule has 4 aliphatic rings. The van der Waals surface area contributed by atoms with Crippen LogP contribution < -0.4 is 21.2 Å². The molecule has 0 nitrogen and oxygen atoms in total. The van der Waals surface area contributed by atoms with Gasteiger partial charge in [-0.25, -0.2) is 0 Å². The molecule has 10 rings (SSSR count). The molecule has 0 heterocycles. The summed E-state index contributed by atoms with van der Waals surface area (Å²) in [6.07, 6.45) is 33.9. The Bertz CT molecular complexity index is 1870. The molecule has 0 bridgehead atoms. The fraction of sp³-hybridized carbons (Fsp3) is 0. The van der Waals surface area contributed by atoms with Gasteiger partial charge in [-0.3, -0.25) is 0 Å². The molecule has 0 unspecified atom stereocenters. The number of hydrogen-bond acceptors (Lipinski definition) is 0. The van der Waals surface area contributed by atoms with Crippen molar-refractivity contribution in [2.24, 2.45) is 0 Å². The summed E-state index contributed by atoms with van der Waals surface area (Å²) in [6, 6.07) is 53.5. The molecule has 4 saturated carbocycles. The monoisotopic (exact) mass is 838 g/mol. The predicted octanol–water partition coefficient (Wildman–Crippen LogP) is 11.1. The van der Waals surface area contributed by atoms with E-state index in [1.807, 2.05) is 64.2 Å². The maximum Gasteiger partial charge on any atom is 2.00 e. The Balaban J connectivity index is 0.000000387. The Morgan fingerprint density at radius 2 is 0.589 bits per heavy atom. The summed E-state index contributed by atoms with van der Waals surface area (Å²) in [5, 5.41) is 10.8. The van der Waals surface area contributed by atoms with Crippen LogP contribution in [0.5, 0.6) is 0 Å². The van der Waals surface area contributed by atoms with Crippen LogP contribution >= 0.6 is 15.8 Å². The summed E-state index contributed by atoms with van der Waals surface area (Å²) in [7, 11) is -1.59. The van der Waals surface area contributed by atoms with Gasteiger partial charge in [-0.2, -0.15) is 0 Å². The average Bonchev–Trinajstić information content (AvgIpc) is 4.10. The van der Waals surface area contributed by atoms with E-state index in [0.29, 0.717) is 0 Å². The van der Waals surface area contributed by atoms with Crippen molar-refractivity contribution in [1.82, 2.24) is 0 Å². The normalized spacial score (nSPS) is 18.6. The molecule has 6 aromatic rings. The molecule has 0 saturated heterocycles. The molecule has 56 heavy (non-hydrogen) atoms. The standard InChI is InChI=1S/C42H30P2.2C5H5.2Fe/c1-3-19-33(20-4-1)43(39-27-11-17-31-15-7-9-23-35(31)39)41-29-13-25-37(41)38-26-14-30-42(38)44(34-21-5-2-6-22-34)40-28-12-18-32-16-8-10-24-36(32)40;2*1-2-4-5-3-1;;/h1-30H;2*1-5H;;/q;;;2*+2/t43-,44-;;;;/m0..../s1. The van der Waals surface area contributed by atoms with Crippen LogP contribution in [0.2, 0.25) is 0 Å². The molecule has 4 heteroatoms. The van der Waals surface area contributed by atoms with Gasteiger partial charge in [0.05, 0.1) is 0 Å². The zero-order valence-corrected chi connectivity index (χ0v) is 34.7. The van der Waals surface area contributed by atoms with Gasteiger partial charge in [0.15, 0.2) is 0 Å². The van der Waals surface area contributed by atoms with Crippen LogP contribution in [0.3, 0.4) is 0 Å². The summed E-state index contributed by atoms with van der Waals surface area (Å²) in [5.74, 6) is 2.69. The van der Waals surface area contributed by atoms with Crippen LogP contribution in [-0.2, 0) is 34.1 Å². The van der Waals surface area contributed by atoms with E-state index in [-0.39, 0.29) is 34.1 Å².